The van der Waals surface area contributed by atoms with E-state index in [2.05, 4.69) is 281 Å². The minimum absolute atomic E-state index is 0.165. The van der Waals surface area contributed by atoms with Gasteiger partial charge in [0.1, 0.15) is 28.2 Å². The first-order chi connectivity index (χ1) is 61.8. The van der Waals surface area contributed by atoms with Gasteiger partial charge < -0.3 is 17.7 Å². The molecule has 630 valence electrons. The Bertz CT molecular complexity index is 7040. The normalized spacial score (nSPS) is 14.4. The van der Waals surface area contributed by atoms with E-state index in [1.807, 2.05) is 45.0 Å². The zero-order valence-electron chi connectivity index (χ0n) is 87.7. The van der Waals surface area contributed by atoms with Gasteiger partial charge in [0.25, 0.3) is 0 Å². The zero-order chi connectivity index (χ0) is 96.7. The van der Waals surface area contributed by atoms with Gasteiger partial charge in [-0.1, -0.05) is 201 Å². The van der Waals surface area contributed by atoms with Gasteiger partial charge in [-0.2, -0.15) is 0 Å². The molecule has 1 atom stereocenters. The van der Waals surface area contributed by atoms with Crippen molar-refractivity contribution in [1.29, 1.82) is 0 Å². The van der Waals surface area contributed by atoms with Crippen LogP contribution in [0.15, 0.2) is 164 Å². The van der Waals surface area contributed by atoms with Gasteiger partial charge >= 0.3 is 0 Å². The molecule has 12 heteroatoms. The SMILES string of the molecule is CCc1ccc2c(n1)oc1c(-c3cc(C(C)C)c(CC(C)C)c[n+]3C)c(C)ccc12.CCc1ccc2c(n1)oc1c(-c3cc(CC(C)C)c(C(C)C)c[n+]3C)c(C)ccc12.Cc1ccc2c(oc3nc(C(C)C)ccc32)c1-c1cc(C(C)C)c(CC(C)C)c[n+]1C.[2H]C([2H])([2H])C([2H])(C)c1cc(-c2c(C)ccc3c2oc2nc(C(C)C)ccc23)[n+](C)cc1C([2H])(C([2H])([2H])[2H])C([2H])([2H])[2H]. The smallest absolute Gasteiger partial charge is 0.227 e. The van der Waals surface area contributed by atoms with Gasteiger partial charge in [0, 0.05) is 127 Å². The predicted octanol–water partition coefficient (Wildman–Crippen LogP) is 27.7. The fraction of sp³-hybridized carbons (Fsp3) is 0.413. The van der Waals surface area contributed by atoms with Crippen LogP contribution in [0.1, 0.15) is 298 Å². The van der Waals surface area contributed by atoms with E-state index < -0.39 is 37.9 Å². The van der Waals surface area contributed by atoms with E-state index in [9.17, 15) is 0 Å². The fourth-order valence-corrected chi connectivity index (χ4v) is 17.4. The Morgan fingerprint density at radius 1 is 0.306 bits per heavy atom. The van der Waals surface area contributed by atoms with Crippen molar-refractivity contribution in [3.05, 3.63) is 236 Å². The van der Waals surface area contributed by atoms with Crippen molar-refractivity contribution in [3.8, 4) is 45.0 Å². The lowest BCUT2D eigenvalue weighted by atomic mass is 9.90. The highest BCUT2D eigenvalue weighted by molar-refractivity contribution is 6.12. The molecule has 0 aliphatic carbocycles. The molecular formula is C109H134N8O4+4. The Kier molecular flexibility index (Phi) is 22.1. The lowest BCUT2D eigenvalue weighted by molar-refractivity contribution is -0.661. The number of pyridine rings is 8. The van der Waals surface area contributed by atoms with Crippen LogP contribution in [0.25, 0.3) is 133 Å². The molecule has 0 saturated carbocycles. The molecule has 0 fully saturated rings. The fourth-order valence-electron chi connectivity index (χ4n) is 17.4. The number of fused-ring (bicyclic) bond motifs is 12. The second-order valence-corrected chi connectivity index (χ2v) is 36.6. The molecule has 0 N–H and O–H groups in total. The highest BCUT2D eigenvalue weighted by Gasteiger charge is 2.31. The summed E-state index contributed by atoms with van der Waals surface area (Å²) < 4.78 is 124. The molecule has 1 unspecified atom stereocenters. The van der Waals surface area contributed by atoms with Gasteiger partial charge in [0.05, 0.1) is 22.3 Å². The number of furan rings is 4. The maximum absolute atomic E-state index is 8.89. The van der Waals surface area contributed by atoms with Crippen LogP contribution in [0.2, 0.25) is 0 Å². The standard InChI is InChI=1S/C28H35N2O.3C27H33N2O/c1-16(2)13-20-15-30(8)25(14-23(20)17(3)4)26-19(7)9-10-21-22-11-12-24(18(5)6)29-28(22)31-27(21)26;1-15(2)21-13-24(29(8)14-22(21)16(3)4)25-18(7)9-10-19-20-11-12-23(17(5)6)28-27(20)30-26(19)25;1-8-20-10-12-22-21-11-9-18(6)25(26(21)30-27(22)28-20)24-14-23(17(4)5)19(13-16(2)3)15-29(24)7;1-8-20-10-12-22-21-11-9-18(6)25(26(21)30-27(22)28-20)24-14-19(13-16(2)3)23(17(4)5)15-29(24)7/h9-12,14-18H,13H2,1-8H3;9-17H,1-8H3;2*9-12,14-17H,8,13H2,1-7H3/q4*+1/i;1D3,3D3,4D3,15D,16D;;. The predicted molar refractivity (Wildman–Crippen MR) is 504 cm³/mol. The number of benzene rings is 4. The summed E-state index contributed by atoms with van der Waals surface area (Å²) in [6.07, 6.45) is 13.2. The van der Waals surface area contributed by atoms with E-state index in [0.717, 1.165) is 151 Å². The Morgan fingerprint density at radius 2 is 0.595 bits per heavy atom. The van der Waals surface area contributed by atoms with Crippen LogP contribution in [0.5, 0.6) is 0 Å². The largest absolute Gasteiger partial charge is 0.437 e. The third-order valence-electron chi connectivity index (χ3n) is 23.8. The van der Waals surface area contributed by atoms with Gasteiger partial charge in [-0.25, -0.2) is 38.2 Å². The lowest BCUT2D eigenvalue weighted by Crippen LogP contribution is -2.32. The summed E-state index contributed by atoms with van der Waals surface area (Å²) in [5, 5.41) is 8.20. The highest BCUT2D eigenvalue weighted by atomic mass is 16.4. The first-order valence-corrected chi connectivity index (χ1v) is 43.7. The van der Waals surface area contributed by atoms with Crippen molar-refractivity contribution in [2.24, 2.45) is 45.9 Å². The Morgan fingerprint density at radius 3 is 0.909 bits per heavy atom. The minimum atomic E-state index is -3.37. The first kappa shape index (κ1) is 74.1. The number of hydrogen-bond acceptors (Lipinski definition) is 8. The molecule has 4 aromatic carbocycles. The number of nitrogens with zero attached hydrogens (tertiary/aromatic N) is 8. The summed E-state index contributed by atoms with van der Waals surface area (Å²) in [6, 6.07) is 42.0. The molecule has 16 aromatic rings. The molecule has 0 aliphatic heterocycles. The highest BCUT2D eigenvalue weighted by Crippen LogP contribution is 2.44. The van der Waals surface area contributed by atoms with Crippen LogP contribution in [0.3, 0.4) is 0 Å². The topological polar surface area (TPSA) is 120 Å². The minimum Gasteiger partial charge on any atom is -0.437 e. The molecule has 12 nitrogen and oxygen atoms in total. The second-order valence-electron chi connectivity index (χ2n) is 36.6. The molecular weight excluding hydrogens is 1490 g/mol. The van der Waals surface area contributed by atoms with Crippen LogP contribution in [0, 0.1) is 45.4 Å². The molecule has 121 heavy (non-hydrogen) atoms. The van der Waals surface area contributed by atoms with Gasteiger partial charge in [0.15, 0.2) is 47.1 Å². The summed E-state index contributed by atoms with van der Waals surface area (Å²) in [6.45, 7) is 39.7. The first-order valence-electron chi connectivity index (χ1n) is 49.2. The third-order valence-corrected chi connectivity index (χ3v) is 23.8. The Hall–Kier alpha value is -10.7. The van der Waals surface area contributed by atoms with Crippen molar-refractivity contribution in [3.63, 3.8) is 0 Å². The molecule has 0 radical (unpaired) electrons. The molecule has 0 spiro atoms. The lowest BCUT2D eigenvalue weighted by Gasteiger charge is -2.16. The van der Waals surface area contributed by atoms with E-state index in [1.165, 1.54) is 94.5 Å². The van der Waals surface area contributed by atoms with Crippen molar-refractivity contribution < 1.29 is 51.0 Å². The van der Waals surface area contributed by atoms with Crippen molar-refractivity contribution in [1.82, 2.24) is 19.9 Å². The van der Waals surface area contributed by atoms with Crippen LogP contribution in [0.4, 0.5) is 0 Å². The average molecular weight is 1630 g/mol. The quantitative estimate of drug-likeness (QED) is 0.0734. The summed E-state index contributed by atoms with van der Waals surface area (Å²) in [4.78, 5) is 19.0. The zero-order valence-corrected chi connectivity index (χ0v) is 76.7. The maximum atomic E-state index is 8.89. The van der Waals surface area contributed by atoms with E-state index in [0.29, 0.717) is 64.0 Å². The third kappa shape index (κ3) is 17.9. The van der Waals surface area contributed by atoms with Crippen molar-refractivity contribution in [2.75, 3.05) is 0 Å². The van der Waals surface area contributed by atoms with Crippen LogP contribution >= 0.6 is 0 Å². The number of hydrogen-bond donors (Lipinski definition) is 0. The molecule has 0 bridgehead atoms. The molecule has 12 heterocycles. The monoisotopic (exact) mass is 1630 g/mol. The van der Waals surface area contributed by atoms with Crippen molar-refractivity contribution >= 4 is 88.3 Å². The molecule has 16 rings (SSSR count). The Balaban J connectivity index is 0.000000151. The van der Waals surface area contributed by atoms with E-state index in [-0.39, 0.29) is 11.5 Å². The van der Waals surface area contributed by atoms with Gasteiger partial charge in [0.2, 0.25) is 45.6 Å². The van der Waals surface area contributed by atoms with Crippen LogP contribution in [-0.4, -0.2) is 19.9 Å². The van der Waals surface area contributed by atoms with Crippen LogP contribution in [-0.2, 0) is 60.3 Å². The Labute approximate surface area is 735 Å². The summed E-state index contributed by atoms with van der Waals surface area (Å²) in [7, 11) is 8.00. The summed E-state index contributed by atoms with van der Waals surface area (Å²) in [5.41, 5.74) is 30.0. The van der Waals surface area contributed by atoms with E-state index in [1.54, 1.807) is 7.05 Å². The second kappa shape index (κ2) is 36.1. The molecule has 12 aromatic heterocycles. The maximum Gasteiger partial charge on any atom is 0.227 e. The summed E-state index contributed by atoms with van der Waals surface area (Å²) >= 11 is 0. The van der Waals surface area contributed by atoms with Gasteiger partial charge in [-0.15, -0.1) is 0 Å². The molecule has 0 aliphatic rings. The van der Waals surface area contributed by atoms with Crippen LogP contribution < -0.4 is 18.3 Å². The number of aryl methyl sites for hydroxylation is 10. The van der Waals surface area contributed by atoms with E-state index >= 15 is 0 Å². The van der Waals surface area contributed by atoms with E-state index in [4.69, 9.17) is 47.7 Å². The molecule has 0 saturated heterocycles. The summed E-state index contributed by atoms with van der Waals surface area (Å²) in [5.74, 6) is -1.81. The van der Waals surface area contributed by atoms with Gasteiger partial charge in [-0.05, 0) is 212 Å². The van der Waals surface area contributed by atoms with Crippen molar-refractivity contribution in [2.45, 2.75) is 253 Å². The average Bonchev–Trinajstić information content (AvgIpc) is 1.54. The van der Waals surface area contributed by atoms with Gasteiger partial charge in [-0.3, -0.25) is 0 Å². The number of rotatable bonds is 19. The molecule has 0 amide bonds. The number of aromatic nitrogens is 8.